The molecule has 0 unspecified atom stereocenters. The second-order valence-electron chi connectivity index (χ2n) is 4.68. The standard InChI is InChI=1S/C13H12F3N3OS.ClH/c14-13(15,16)12-18-11(19-20-12)8-1-3-9(4-2-8)21-10-5-6-17-7-10;/h1-4,10,17H,5-7H2;1H/t10-;/m1./s1. The van der Waals surface area contributed by atoms with Gasteiger partial charge in [-0.3, -0.25) is 0 Å². The maximum Gasteiger partial charge on any atom is 0.471 e. The van der Waals surface area contributed by atoms with Crippen LogP contribution in [0.4, 0.5) is 13.2 Å². The van der Waals surface area contributed by atoms with Gasteiger partial charge in [-0.25, -0.2) is 0 Å². The lowest BCUT2D eigenvalue weighted by molar-refractivity contribution is -0.159. The summed E-state index contributed by atoms with van der Waals surface area (Å²) < 4.78 is 41.4. The van der Waals surface area contributed by atoms with E-state index in [4.69, 9.17) is 0 Å². The summed E-state index contributed by atoms with van der Waals surface area (Å²) in [5.74, 6) is -1.38. The number of rotatable bonds is 3. The Morgan fingerprint density at radius 1 is 1.23 bits per heavy atom. The van der Waals surface area contributed by atoms with Crippen molar-refractivity contribution < 1.29 is 17.7 Å². The van der Waals surface area contributed by atoms with Crippen LogP contribution in [0.2, 0.25) is 0 Å². The van der Waals surface area contributed by atoms with Gasteiger partial charge in [0.15, 0.2) is 0 Å². The summed E-state index contributed by atoms with van der Waals surface area (Å²) in [6.45, 7) is 2.00. The number of nitrogens with zero attached hydrogens (tertiary/aromatic N) is 2. The third kappa shape index (κ3) is 3.93. The van der Waals surface area contributed by atoms with E-state index in [-0.39, 0.29) is 18.2 Å². The average molecular weight is 352 g/mol. The van der Waals surface area contributed by atoms with Gasteiger partial charge in [0.25, 0.3) is 0 Å². The number of halogens is 4. The molecule has 1 fully saturated rings. The van der Waals surface area contributed by atoms with Crippen LogP contribution < -0.4 is 5.32 Å². The third-order valence-corrected chi connectivity index (χ3v) is 4.38. The Labute approximate surface area is 135 Å². The minimum atomic E-state index is -4.61. The number of hydrogen-bond donors (Lipinski definition) is 1. The minimum Gasteiger partial charge on any atom is -0.329 e. The second kappa shape index (κ2) is 6.89. The highest BCUT2D eigenvalue weighted by Gasteiger charge is 2.38. The normalized spacial score (nSPS) is 18.2. The Morgan fingerprint density at radius 3 is 2.50 bits per heavy atom. The Hall–Kier alpha value is -1.25. The van der Waals surface area contributed by atoms with Crippen molar-refractivity contribution in [2.24, 2.45) is 0 Å². The SMILES string of the molecule is Cl.FC(F)(F)c1nc(-c2ccc(S[C@@H]3CCNC3)cc2)no1. The number of hydrogen-bond acceptors (Lipinski definition) is 5. The molecule has 22 heavy (non-hydrogen) atoms. The summed E-state index contributed by atoms with van der Waals surface area (Å²) in [7, 11) is 0. The summed E-state index contributed by atoms with van der Waals surface area (Å²) in [5.41, 5.74) is 0.503. The van der Waals surface area contributed by atoms with Gasteiger partial charge >= 0.3 is 12.1 Å². The van der Waals surface area contributed by atoms with E-state index in [1.165, 1.54) is 0 Å². The predicted molar refractivity (Wildman–Crippen MR) is 79.1 cm³/mol. The average Bonchev–Trinajstić information content (AvgIpc) is 3.09. The van der Waals surface area contributed by atoms with Gasteiger partial charge in [-0.05, 0) is 37.2 Å². The van der Waals surface area contributed by atoms with Crippen molar-refractivity contribution in [2.75, 3.05) is 13.1 Å². The van der Waals surface area contributed by atoms with Crippen LogP contribution in [0.3, 0.4) is 0 Å². The molecule has 4 nitrogen and oxygen atoms in total. The number of benzene rings is 1. The molecule has 1 aliphatic rings. The second-order valence-corrected chi connectivity index (χ2v) is 6.05. The fourth-order valence-corrected chi connectivity index (χ4v) is 3.17. The molecular formula is C13H13ClF3N3OS. The van der Waals surface area contributed by atoms with Crippen molar-refractivity contribution in [1.82, 2.24) is 15.5 Å². The van der Waals surface area contributed by atoms with Crippen LogP contribution in [0.25, 0.3) is 11.4 Å². The maximum absolute atomic E-state index is 12.4. The van der Waals surface area contributed by atoms with E-state index >= 15 is 0 Å². The van der Waals surface area contributed by atoms with E-state index in [2.05, 4.69) is 20.0 Å². The molecule has 1 atom stereocenters. The lowest BCUT2D eigenvalue weighted by atomic mass is 10.2. The molecule has 0 radical (unpaired) electrons. The van der Waals surface area contributed by atoms with Gasteiger partial charge < -0.3 is 9.84 Å². The van der Waals surface area contributed by atoms with Gasteiger partial charge in [-0.2, -0.15) is 18.2 Å². The van der Waals surface area contributed by atoms with Crippen LogP contribution in [0.5, 0.6) is 0 Å². The Morgan fingerprint density at radius 2 is 1.95 bits per heavy atom. The molecule has 1 aromatic heterocycles. The Bertz CT molecular complexity index is 612. The highest BCUT2D eigenvalue weighted by atomic mass is 35.5. The van der Waals surface area contributed by atoms with Gasteiger partial charge in [0.1, 0.15) is 0 Å². The van der Waals surface area contributed by atoms with E-state index < -0.39 is 12.1 Å². The molecular weight excluding hydrogens is 339 g/mol. The topological polar surface area (TPSA) is 51.0 Å². The summed E-state index contributed by atoms with van der Waals surface area (Å²) in [6, 6.07) is 7.13. The molecule has 1 aromatic carbocycles. The van der Waals surface area contributed by atoms with Crippen LogP contribution in [0.15, 0.2) is 33.7 Å². The van der Waals surface area contributed by atoms with Crippen molar-refractivity contribution in [3.05, 3.63) is 30.2 Å². The number of nitrogens with one attached hydrogen (secondary N) is 1. The van der Waals surface area contributed by atoms with Crippen molar-refractivity contribution in [3.63, 3.8) is 0 Å². The molecule has 1 N–H and O–H groups in total. The first-order chi connectivity index (χ1) is 10.0. The molecule has 9 heteroatoms. The molecule has 2 heterocycles. The van der Waals surface area contributed by atoms with E-state index in [0.29, 0.717) is 10.8 Å². The van der Waals surface area contributed by atoms with Gasteiger partial charge in [0.05, 0.1) is 0 Å². The van der Waals surface area contributed by atoms with E-state index in [0.717, 1.165) is 24.4 Å². The number of thioether (sulfide) groups is 1. The largest absolute Gasteiger partial charge is 0.471 e. The fourth-order valence-electron chi connectivity index (χ4n) is 2.06. The third-order valence-electron chi connectivity index (χ3n) is 3.10. The van der Waals surface area contributed by atoms with E-state index in [1.54, 1.807) is 23.9 Å². The van der Waals surface area contributed by atoms with Crippen LogP contribution in [0, 0.1) is 0 Å². The summed E-state index contributed by atoms with van der Waals surface area (Å²) in [5, 5.41) is 7.19. The van der Waals surface area contributed by atoms with Crippen LogP contribution >= 0.6 is 24.2 Å². The summed E-state index contributed by atoms with van der Waals surface area (Å²) in [6.07, 6.45) is -3.50. The highest BCUT2D eigenvalue weighted by Crippen LogP contribution is 2.31. The molecule has 0 amide bonds. The van der Waals surface area contributed by atoms with Gasteiger partial charge in [-0.15, -0.1) is 24.2 Å². The zero-order valence-corrected chi connectivity index (χ0v) is 12.9. The number of aromatic nitrogens is 2. The fraction of sp³-hybridized carbons (Fsp3) is 0.385. The first kappa shape index (κ1) is 17.1. The number of alkyl halides is 3. The molecule has 0 saturated carbocycles. The van der Waals surface area contributed by atoms with Gasteiger partial charge in [0, 0.05) is 22.3 Å². The minimum absolute atomic E-state index is 0. The van der Waals surface area contributed by atoms with E-state index in [9.17, 15) is 13.2 Å². The van der Waals surface area contributed by atoms with Crippen molar-refractivity contribution >= 4 is 24.2 Å². The molecule has 1 saturated heterocycles. The van der Waals surface area contributed by atoms with E-state index in [1.807, 2.05) is 12.1 Å². The lowest BCUT2D eigenvalue weighted by Gasteiger charge is -2.07. The molecule has 120 valence electrons. The van der Waals surface area contributed by atoms with Gasteiger partial charge in [-0.1, -0.05) is 5.16 Å². The van der Waals surface area contributed by atoms with Crippen LogP contribution in [-0.2, 0) is 6.18 Å². The van der Waals surface area contributed by atoms with Crippen LogP contribution in [0.1, 0.15) is 12.3 Å². The first-order valence-corrected chi connectivity index (χ1v) is 7.29. The Balaban J connectivity index is 0.00000176. The van der Waals surface area contributed by atoms with Crippen molar-refractivity contribution in [2.45, 2.75) is 22.7 Å². The molecule has 0 spiro atoms. The zero-order valence-electron chi connectivity index (χ0n) is 11.3. The quantitative estimate of drug-likeness (QED) is 0.915. The van der Waals surface area contributed by atoms with Crippen molar-refractivity contribution in [1.29, 1.82) is 0 Å². The summed E-state index contributed by atoms with van der Waals surface area (Å²) >= 11 is 1.76. The smallest absolute Gasteiger partial charge is 0.329 e. The summed E-state index contributed by atoms with van der Waals surface area (Å²) in [4.78, 5) is 4.44. The molecule has 2 aromatic rings. The molecule has 0 aliphatic carbocycles. The van der Waals surface area contributed by atoms with Gasteiger partial charge in [0.2, 0.25) is 5.82 Å². The molecule has 1 aliphatic heterocycles. The Kier molecular flexibility index (Phi) is 5.36. The lowest BCUT2D eigenvalue weighted by Crippen LogP contribution is -2.09. The molecule has 0 bridgehead atoms. The van der Waals surface area contributed by atoms with Crippen molar-refractivity contribution in [3.8, 4) is 11.4 Å². The highest BCUT2D eigenvalue weighted by molar-refractivity contribution is 8.00. The predicted octanol–water partition coefficient (Wildman–Crippen LogP) is 3.63. The zero-order chi connectivity index (χ0) is 14.9. The molecule has 3 rings (SSSR count). The monoisotopic (exact) mass is 351 g/mol. The van der Waals surface area contributed by atoms with Crippen LogP contribution in [-0.4, -0.2) is 28.5 Å². The first-order valence-electron chi connectivity index (χ1n) is 6.41. The maximum atomic E-state index is 12.4.